The minimum Gasteiger partial charge on any atom is -0.468 e. The molecular formula is C11H16ClNO2. The molecule has 1 aromatic rings. The highest BCUT2D eigenvalue weighted by Crippen LogP contribution is 2.17. The number of hydrogen-bond acceptors (Lipinski definition) is 3. The minimum absolute atomic E-state index is 0. The number of nitrogens with two attached hydrogens (primary N) is 1. The molecule has 0 spiro atoms. The molecule has 0 amide bonds. The fourth-order valence-electron chi connectivity index (χ4n) is 1.43. The molecule has 0 saturated heterocycles. The summed E-state index contributed by atoms with van der Waals surface area (Å²) in [6, 6.07) is 5.12. The molecule has 0 bridgehead atoms. The number of hydrogen-bond donors (Lipinski definition) is 1. The molecule has 84 valence electrons. The van der Waals surface area contributed by atoms with Gasteiger partial charge in [0.25, 0.3) is 0 Å². The fourth-order valence-corrected chi connectivity index (χ4v) is 1.43. The van der Waals surface area contributed by atoms with Crippen molar-refractivity contribution >= 4 is 18.4 Å². The SMILES string of the molecule is COC(=O)[C@@H](N)c1ccc(C)cc1C.Cl. The molecule has 0 saturated carbocycles. The average molecular weight is 230 g/mol. The summed E-state index contributed by atoms with van der Waals surface area (Å²) in [6.07, 6.45) is 0. The van der Waals surface area contributed by atoms with E-state index in [0.29, 0.717) is 0 Å². The third kappa shape index (κ3) is 3.22. The Morgan fingerprint density at radius 1 is 1.40 bits per heavy atom. The van der Waals surface area contributed by atoms with E-state index in [4.69, 9.17) is 5.73 Å². The number of methoxy groups -OCH3 is 1. The van der Waals surface area contributed by atoms with Crippen LogP contribution in [0.15, 0.2) is 18.2 Å². The predicted octanol–water partition coefficient (Wildman–Crippen LogP) is 1.90. The second kappa shape index (κ2) is 5.73. The van der Waals surface area contributed by atoms with Crippen molar-refractivity contribution in [2.75, 3.05) is 7.11 Å². The van der Waals surface area contributed by atoms with E-state index in [-0.39, 0.29) is 12.4 Å². The van der Waals surface area contributed by atoms with Crippen LogP contribution in [0.3, 0.4) is 0 Å². The zero-order chi connectivity index (χ0) is 10.7. The molecule has 0 heterocycles. The Kier molecular flexibility index (Phi) is 5.33. The van der Waals surface area contributed by atoms with Gasteiger partial charge in [-0.1, -0.05) is 23.8 Å². The molecule has 2 N–H and O–H groups in total. The average Bonchev–Trinajstić information content (AvgIpc) is 2.15. The topological polar surface area (TPSA) is 52.3 Å². The van der Waals surface area contributed by atoms with Crippen molar-refractivity contribution in [1.82, 2.24) is 0 Å². The Hall–Kier alpha value is -1.06. The first-order valence-electron chi connectivity index (χ1n) is 4.47. The van der Waals surface area contributed by atoms with Gasteiger partial charge in [-0.05, 0) is 25.0 Å². The molecule has 1 rings (SSSR count). The summed E-state index contributed by atoms with van der Waals surface area (Å²) in [4.78, 5) is 11.2. The summed E-state index contributed by atoms with van der Waals surface area (Å²) in [5.41, 5.74) is 8.72. The van der Waals surface area contributed by atoms with E-state index in [2.05, 4.69) is 4.74 Å². The number of ether oxygens (including phenoxy) is 1. The summed E-state index contributed by atoms with van der Waals surface area (Å²) in [5, 5.41) is 0. The molecule has 15 heavy (non-hydrogen) atoms. The third-order valence-corrected chi connectivity index (χ3v) is 2.22. The van der Waals surface area contributed by atoms with Gasteiger partial charge in [0.1, 0.15) is 6.04 Å². The zero-order valence-electron chi connectivity index (χ0n) is 9.11. The van der Waals surface area contributed by atoms with E-state index < -0.39 is 12.0 Å². The summed E-state index contributed by atoms with van der Waals surface area (Å²) < 4.78 is 4.59. The number of aryl methyl sites for hydroxylation is 2. The van der Waals surface area contributed by atoms with E-state index in [1.807, 2.05) is 32.0 Å². The van der Waals surface area contributed by atoms with Gasteiger partial charge in [0.05, 0.1) is 7.11 Å². The number of esters is 1. The first kappa shape index (κ1) is 13.9. The van der Waals surface area contributed by atoms with E-state index >= 15 is 0 Å². The molecule has 0 unspecified atom stereocenters. The Bertz CT molecular complexity index is 352. The van der Waals surface area contributed by atoms with Crippen LogP contribution in [0.25, 0.3) is 0 Å². The van der Waals surface area contributed by atoms with Crippen LogP contribution in [0.1, 0.15) is 22.7 Å². The standard InChI is InChI=1S/C11H15NO2.ClH/c1-7-4-5-9(8(2)6-7)10(12)11(13)14-3;/h4-6,10H,12H2,1-3H3;1H/t10-;/m0./s1. The lowest BCUT2D eigenvalue weighted by atomic mass is 10.00. The van der Waals surface area contributed by atoms with Crippen LogP contribution in [0.5, 0.6) is 0 Å². The number of carbonyl (C=O) groups is 1. The first-order valence-corrected chi connectivity index (χ1v) is 4.47. The monoisotopic (exact) mass is 229 g/mol. The van der Waals surface area contributed by atoms with Gasteiger partial charge in [-0.25, -0.2) is 0 Å². The van der Waals surface area contributed by atoms with Crippen molar-refractivity contribution in [3.63, 3.8) is 0 Å². The summed E-state index contributed by atoms with van der Waals surface area (Å²) in [5.74, 6) is -0.406. The van der Waals surface area contributed by atoms with Crippen molar-refractivity contribution < 1.29 is 9.53 Å². The molecular weight excluding hydrogens is 214 g/mol. The van der Waals surface area contributed by atoms with Crippen LogP contribution >= 0.6 is 12.4 Å². The van der Waals surface area contributed by atoms with Crippen LogP contribution in [0.4, 0.5) is 0 Å². The second-order valence-electron chi connectivity index (χ2n) is 3.36. The number of halogens is 1. The van der Waals surface area contributed by atoms with Crippen LogP contribution in [0.2, 0.25) is 0 Å². The Morgan fingerprint density at radius 3 is 2.47 bits per heavy atom. The van der Waals surface area contributed by atoms with Gasteiger partial charge in [0.2, 0.25) is 0 Å². The lowest BCUT2D eigenvalue weighted by Gasteiger charge is -2.12. The molecule has 1 atom stereocenters. The largest absolute Gasteiger partial charge is 0.468 e. The molecule has 0 fully saturated rings. The van der Waals surface area contributed by atoms with Gasteiger partial charge in [0, 0.05) is 0 Å². The van der Waals surface area contributed by atoms with Crippen LogP contribution in [0, 0.1) is 13.8 Å². The number of benzene rings is 1. The Labute approximate surface area is 96.0 Å². The smallest absolute Gasteiger partial charge is 0.327 e. The fraction of sp³-hybridized carbons (Fsp3) is 0.364. The van der Waals surface area contributed by atoms with Crippen molar-refractivity contribution in [1.29, 1.82) is 0 Å². The van der Waals surface area contributed by atoms with Crippen molar-refractivity contribution in [2.24, 2.45) is 5.73 Å². The summed E-state index contributed by atoms with van der Waals surface area (Å²) >= 11 is 0. The maximum atomic E-state index is 11.2. The van der Waals surface area contributed by atoms with Crippen molar-refractivity contribution in [2.45, 2.75) is 19.9 Å². The molecule has 4 heteroatoms. The van der Waals surface area contributed by atoms with Gasteiger partial charge in [-0.15, -0.1) is 12.4 Å². The zero-order valence-corrected chi connectivity index (χ0v) is 9.93. The lowest BCUT2D eigenvalue weighted by Crippen LogP contribution is -2.23. The molecule has 0 radical (unpaired) electrons. The quantitative estimate of drug-likeness (QED) is 0.789. The highest BCUT2D eigenvalue weighted by atomic mass is 35.5. The predicted molar refractivity (Wildman–Crippen MR) is 62.1 cm³/mol. The van der Waals surface area contributed by atoms with E-state index in [1.165, 1.54) is 7.11 Å². The molecule has 0 aliphatic heterocycles. The molecule has 1 aromatic carbocycles. The van der Waals surface area contributed by atoms with E-state index in [9.17, 15) is 4.79 Å². The van der Waals surface area contributed by atoms with Gasteiger partial charge >= 0.3 is 5.97 Å². The third-order valence-electron chi connectivity index (χ3n) is 2.22. The Balaban J connectivity index is 0.00000196. The normalized spacial score (nSPS) is 11.5. The van der Waals surface area contributed by atoms with Gasteiger partial charge in [-0.2, -0.15) is 0 Å². The number of rotatable bonds is 2. The summed E-state index contributed by atoms with van der Waals surface area (Å²) in [6.45, 7) is 3.94. The number of carbonyl (C=O) groups excluding carboxylic acids is 1. The second-order valence-corrected chi connectivity index (χ2v) is 3.36. The van der Waals surface area contributed by atoms with E-state index in [1.54, 1.807) is 0 Å². The molecule has 0 aliphatic rings. The maximum absolute atomic E-state index is 11.2. The lowest BCUT2D eigenvalue weighted by molar-refractivity contribution is -0.142. The van der Waals surface area contributed by atoms with Gasteiger partial charge in [-0.3, -0.25) is 4.79 Å². The van der Waals surface area contributed by atoms with Crippen molar-refractivity contribution in [3.05, 3.63) is 34.9 Å². The first-order chi connectivity index (χ1) is 6.56. The van der Waals surface area contributed by atoms with Crippen LogP contribution in [-0.2, 0) is 9.53 Å². The van der Waals surface area contributed by atoms with Crippen molar-refractivity contribution in [3.8, 4) is 0 Å². The molecule has 0 aliphatic carbocycles. The van der Waals surface area contributed by atoms with Gasteiger partial charge < -0.3 is 10.5 Å². The van der Waals surface area contributed by atoms with Crippen LogP contribution in [-0.4, -0.2) is 13.1 Å². The Morgan fingerprint density at radius 2 is 2.00 bits per heavy atom. The maximum Gasteiger partial charge on any atom is 0.327 e. The molecule has 0 aromatic heterocycles. The minimum atomic E-state index is -0.680. The van der Waals surface area contributed by atoms with Crippen LogP contribution < -0.4 is 5.73 Å². The highest BCUT2D eigenvalue weighted by Gasteiger charge is 2.17. The highest BCUT2D eigenvalue weighted by molar-refractivity contribution is 5.85. The van der Waals surface area contributed by atoms with E-state index in [0.717, 1.165) is 16.7 Å². The van der Waals surface area contributed by atoms with Gasteiger partial charge in [0.15, 0.2) is 0 Å². The molecule has 3 nitrogen and oxygen atoms in total. The summed E-state index contributed by atoms with van der Waals surface area (Å²) in [7, 11) is 1.34.